The number of para-hydroxylation sites is 1. The van der Waals surface area contributed by atoms with Gasteiger partial charge in [0.05, 0.1) is 19.2 Å². The lowest BCUT2D eigenvalue weighted by molar-refractivity contribution is 0.0691. The largest absolute Gasteiger partial charge is 0.496 e. The third-order valence-corrected chi connectivity index (χ3v) is 5.85. The van der Waals surface area contributed by atoms with Crippen LogP contribution in [-0.2, 0) is 12.8 Å². The predicted octanol–water partition coefficient (Wildman–Crippen LogP) is 3.89. The lowest BCUT2D eigenvalue weighted by Gasteiger charge is -2.31. The molecule has 3 aromatic rings. The Morgan fingerprint density at radius 1 is 1.37 bits per heavy atom. The lowest BCUT2D eigenvalue weighted by atomic mass is 9.97. The summed E-state index contributed by atoms with van der Waals surface area (Å²) in [5, 5.41) is 7.24. The first kappa shape index (κ1) is 20.2. The molecule has 1 atom stereocenters. The summed E-state index contributed by atoms with van der Waals surface area (Å²) in [6, 6.07) is 7.91. The number of aromatic nitrogens is 3. The van der Waals surface area contributed by atoms with Crippen molar-refractivity contribution >= 4 is 5.91 Å². The van der Waals surface area contributed by atoms with Gasteiger partial charge in [0.2, 0.25) is 0 Å². The Hall–Kier alpha value is -3.09. The fourth-order valence-electron chi connectivity index (χ4n) is 4.13. The summed E-state index contributed by atoms with van der Waals surface area (Å²) in [7, 11) is 1.67. The standard InChI is InChI=1S/C23H28N4O3/c1-4-19-15(2)21(26-25-19)23(28)27-11-7-9-17(14-27)22-24-13-18(30-22)12-16-8-5-6-10-20(16)29-3/h5-6,8,10,13,17H,4,7,9,11-12,14H2,1-3H3,(H,25,26). The number of carbonyl (C=O) groups excluding carboxylic acids is 1. The number of aryl methyl sites for hydroxylation is 1. The number of hydrogen-bond donors (Lipinski definition) is 1. The normalized spacial score (nSPS) is 16.6. The predicted molar refractivity (Wildman–Crippen MR) is 113 cm³/mol. The van der Waals surface area contributed by atoms with Gasteiger partial charge in [-0.05, 0) is 32.3 Å². The first-order valence-electron chi connectivity index (χ1n) is 10.5. The zero-order chi connectivity index (χ0) is 21.1. The van der Waals surface area contributed by atoms with Crippen LogP contribution < -0.4 is 4.74 Å². The van der Waals surface area contributed by atoms with E-state index in [1.165, 1.54) is 0 Å². The average Bonchev–Trinajstić information content (AvgIpc) is 3.40. The number of rotatable bonds is 6. The van der Waals surface area contributed by atoms with E-state index in [4.69, 9.17) is 9.15 Å². The summed E-state index contributed by atoms with van der Waals surface area (Å²) in [5.41, 5.74) is 3.54. The first-order chi connectivity index (χ1) is 14.6. The van der Waals surface area contributed by atoms with Crippen LogP contribution in [0.1, 0.15) is 64.6 Å². The molecular weight excluding hydrogens is 380 g/mol. The second kappa shape index (κ2) is 8.73. The zero-order valence-electron chi connectivity index (χ0n) is 17.8. The number of amides is 1. The highest BCUT2D eigenvalue weighted by Crippen LogP contribution is 2.29. The summed E-state index contributed by atoms with van der Waals surface area (Å²) in [4.78, 5) is 19.4. The smallest absolute Gasteiger partial charge is 0.274 e. The lowest BCUT2D eigenvalue weighted by Crippen LogP contribution is -2.39. The minimum atomic E-state index is -0.0195. The monoisotopic (exact) mass is 408 g/mol. The number of carbonyl (C=O) groups is 1. The molecule has 1 N–H and O–H groups in total. The van der Waals surface area contributed by atoms with Gasteiger partial charge in [-0.2, -0.15) is 5.10 Å². The number of hydrogen-bond acceptors (Lipinski definition) is 5. The van der Waals surface area contributed by atoms with Gasteiger partial charge in [-0.25, -0.2) is 4.98 Å². The second-order valence-electron chi connectivity index (χ2n) is 7.77. The SMILES string of the molecule is CCc1[nH]nc(C(=O)N2CCCC(c3ncc(Cc4ccccc4OC)o3)C2)c1C. The van der Waals surface area contributed by atoms with E-state index in [2.05, 4.69) is 22.1 Å². The molecule has 0 spiro atoms. The average molecular weight is 409 g/mol. The van der Waals surface area contributed by atoms with Gasteiger partial charge in [-0.15, -0.1) is 0 Å². The molecule has 1 unspecified atom stereocenters. The van der Waals surface area contributed by atoms with E-state index in [9.17, 15) is 4.79 Å². The van der Waals surface area contributed by atoms with Gasteiger partial charge in [0.1, 0.15) is 11.5 Å². The highest BCUT2D eigenvalue weighted by Gasteiger charge is 2.30. The van der Waals surface area contributed by atoms with Crippen LogP contribution in [0.5, 0.6) is 5.75 Å². The van der Waals surface area contributed by atoms with Crippen molar-refractivity contribution in [2.75, 3.05) is 20.2 Å². The van der Waals surface area contributed by atoms with Crippen molar-refractivity contribution in [3.63, 3.8) is 0 Å². The molecule has 158 valence electrons. The number of H-pyrrole nitrogens is 1. The molecule has 0 aliphatic carbocycles. The van der Waals surface area contributed by atoms with E-state index in [1.54, 1.807) is 13.3 Å². The van der Waals surface area contributed by atoms with Gasteiger partial charge < -0.3 is 14.1 Å². The van der Waals surface area contributed by atoms with E-state index in [1.807, 2.05) is 36.1 Å². The maximum atomic E-state index is 13.0. The van der Waals surface area contributed by atoms with Gasteiger partial charge in [0.25, 0.3) is 5.91 Å². The van der Waals surface area contributed by atoms with E-state index in [0.717, 1.165) is 54.1 Å². The van der Waals surface area contributed by atoms with Crippen molar-refractivity contribution < 1.29 is 13.9 Å². The van der Waals surface area contributed by atoms with Crippen molar-refractivity contribution in [2.45, 2.75) is 45.4 Å². The molecule has 1 fully saturated rings. The molecule has 0 bridgehead atoms. The molecule has 1 amide bonds. The summed E-state index contributed by atoms with van der Waals surface area (Å²) >= 11 is 0. The molecule has 3 heterocycles. The molecule has 1 aliphatic rings. The molecule has 1 aromatic carbocycles. The van der Waals surface area contributed by atoms with Crippen LogP contribution in [0.15, 0.2) is 34.9 Å². The fraction of sp³-hybridized carbons (Fsp3) is 0.435. The summed E-state index contributed by atoms with van der Waals surface area (Å²) < 4.78 is 11.5. The van der Waals surface area contributed by atoms with Crippen molar-refractivity contribution in [2.24, 2.45) is 0 Å². The summed E-state index contributed by atoms with van der Waals surface area (Å²) in [6.45, 7) is 5.34. The van der Waals surface area contributed by atoms with Crippen LogP contribution in [0.4, 0.5) is 0 Å². The molecule has 0 saturated carbocycles. The van der Waals surface area contributed by atoms with Crippen LogP contribution in [0, 0.1) is 6.92 Å². The van der Waals surface area contributed by atoms with Crippen molar-refractivity contribution in [1.82, 2.24) is 20.1 Å². The topological polar surface area (TPSA) is 84.2 Å². The number of methoxy groups -OCH3 is 1. The third-order valence-electron chi connectivity index (χ3n) is 5.85. The van der Waals surface area contributed by atoms with Gasteiger partial charge >= 0.3 is 0 Å². The number of piperidine rings is 1. The van der Waals surface area contributed by atoms with Crippen LogP contribution in [0.3, 0.4) is 0 Å². The first-order valence-corrected chi connectivity index (χ1v) is 10.5. The highest BCUT2D eigenvalue weighted by atomic mass is 16.5. The van der Waals surface area contributed by atoms with Crippen LogP contribution in [0.2, 0.25) is 0 Å². The third kappa shape index (κ3) is 3.97. The molecule has 0 radical (unpaired) electrons. The van der Waals surface area contributed by atoms with Gasteiger partial charge in [-0.1, -0.05) is 25.1 Å². The van der Waals surface area contributed by atoms with Crippen LogP contribution in [0.25, 0.3) is 0 Å². The van der Waals surface area contributed by atoms with Crippen molar-refractivity contribution in [1.29, 1.82) is 0 Å². The number of nitrogens with zero attached hydrogens (tertiary/aromatic N) is 3. The number of aromatic amines is 1. The van der Waals surface area contributed by atoms with Gasteiger partial charge in [-0.3, -0.25) is 9.89 Å². The van der Waals surface area contributed by atoms with E-state index in [-0.39, 0.29) is 11.8 Å². The molecule has 4 rings (SSSR count). The second-order valence-corrected chi connectivity index (χ2v) is 7.77. The molecule has 1 aliphatic heterocycles. The van der Waals surface area contributed by atoms with Crippen molar-refractivity contribution in [3.05, 3.63) is 64.6 Å². The van der Waals surface area contributed by atoms with E-state index >= 15 is 0 Å². The zero-order valence-corrected chi connectivity index (χ0v) is 17.8. The van der Waals surface area contributed by atoms with Crippen LogP contribution >= 0.6 is 0 Å². The minimum Gasteiger partial charge on any atom is -0.496 e. The van der Waals surface area contributed by atoms with E-state index < -0.39 is 0 Å². The van der Waals surface area contributed by atoms with E-state index in [0.29, 0.717) is 24.6 Å². The molecular formula is C23H28N4O3. The Balaban J connectivity index is 1.46. The summed E-state index contributed by atoms with van der Waals surface area (Å²) in [5.74, 6) is 2.41. The van der Waals surface area contributed by atoms with Crippen molar-refractivity contribution in [3.8, 4) is 5.75 Å². The summed E-state index contributed by atoms with van der Waals surface area (Å²) in [6.07, 6.45) is 5.12. The molecule has 7 heteroatoms. The van der Waals surface area contributed by atoms with Gasteiger partial charge in [0, 0.05) is 36.3 Å². The van der Waals surface area contributed by atoms with Crippen LogP contribution in [-0.4, -0.2) is 46.2 Å². The Labute approximate surface area is 176 Å². The number of nitrogens with one attached hydrogen (secondary N) is 1. The number of benzene rings is 1. The maximum absolute atomic E-state index is 13.0. The number of ether oxygens (including phenoxy) is 1. The Morgan fingerprint density at radius 2 is 2.20 bits per heavy atom. The Kier molecular flexibility index (Phi) is 5.88. The fourth-order valence-corrected chi connectivity index (χ4v) is 4.13. The Morgan fingerprint density at radius 3 is 2.97 bits per heavy atom. The number of oxazole rings is 1. The molecule has 7 nitrogen and oxygen atoms in total. The van der Waals surface area contributed by atoms with Gasteiger partial charge in [0.15, 0.2) is 11.6 Å². The Bertz CT molecular complexity index is 1020. The maximum Gasteiger partial charge on any atom is 0.274 e. The molecule has 30 heavy (non-hydrogen) atoms. The minimum absolute atomic E-state index is 0.0195. The highest BCUT2D eigenvalue weighted by molar-refractivity contribution is 5.94. The number of likely N-dealkylation sites (tertiary alicyclic amines) is 1. The molecule has 1 saturated heterocycles. The quantitative estimate of drug-likeness (QED) is 0.669. The molecule has 2 aromatic heterocycles.